The molecule has 0 spiro atoms. The van der Waals surface area contributed by atoms with Crippen LogP contribution in [0.25, 0.3) is 16.7 Å². The number of para-hydroxylation sites is 1. The number of nitrogens with two attached hydrogens (primary N) is 1. The Morgan fingerprint density at radius 2 is 2.00 bits per heavy atom. The molecular weight excluding hydrogens is 282 g/mol. The van der Waals surface area contributed by atoms with Crippen molar-refractivity contribution in [2.45, 2.75) is 0 Å². The van der Waals surface area contributed by atoms with Crippen molar-refractivity contribution in [3.8, 4) is 5.82 Å². The first-order valence-corrected chi connectivity index (χ1v) is 5.76. The van der Waals surface area contributed by atoms with Crippen molar-refractivity contribution in [1.82, 2.24) is 19.7 Å². The van der Waals surface area contributed by atoms with E-state index < -0.39 is 0 Å². The van der Waals surface area contributed by atoms with Gasteiger partial charge in [-0.05, 0) is 28.1 Å². The monoisotopic (exact) mass is 289 g/mol. The molecule has 0 amide bonds. The average molecular weight is 290 g/mol. The summed E-state index contributed by atoms with van der Waals surface area (Å²) in [6.07, 6.45) is 3.30. The van der Waals surface area contributed by atoms with Gasteiger partial charge in [0.25, 0.3) is 0 Å². The number of hydrogen-bond donors (Lipinski definition) is 1. The molecule has 3 rings (SSSR count). The van der Waals surface area contributed by atoms with Crippen LogP contribution in [0.2, 0.25) is 0 Å². The number of rotatable bonds is 1. The van der Waals surface area contributed by atoms with Gasteiger partial charge in [0, 0.05) is 11.6 Å². The van der Waals surface area contributed by atoms with Crippen LogP contribution >= 0.6 is 15.9 Å². The minimum atomic E-state index is 0.438. The lowest BCUT2D eigenvalue weighted by atomic mass is 10.2. The summed E-state index contributed by atoms with van der Waals surface area (Å²) in [5, 5.41) is 5.12. The van der Waals surface area contributed by atoms with E-state index in [9.17, 15) is 0 Å². The largest absolute Gasteiger partial charge is 0.381 e. The Kier molecular flexibility index (Phi) is 2.29. The number of hydrogen-bond acceptors (Lipinski definition) is 4. The van der Waals surface area contributed by atoms with Gasteiger partial charge in [0.1, 0.15) is 6.33 Å². The molecule has 84 valence electrons. The second kappa shape index (κ2) is 3.81. The van der Waals surface area contributed by atoms with Crippen LogP contribution in [0.4, 0.5) is 5.82 Å². The molecule has 0 radical (unpaired) electrons. The molecule has 0 aliphatic rings. The number of anilines is 1. The molecule has 0 atom stereocenters. The predicted molar refractivity (Wildman–Crippen MR) is 68.8 cm³/mol. The van der Waals surface area contributed by atoms with Gasteiger partial charge in [0.05, 0.1) is 9.99 Å². The number of aromatic nitrogens is 4. The lowest BCUT2D eigenvalue weighted by molar-refractivity contribution is 0.855. The summed E-state index contributed by atoms with van der Waals surface area (Å²) in [5.41, 5.74) is 6.58. The van der Waals surface area contributed by atoms with Gasteiger partial charge in [-0.2, -0.15) is 0 Å². The third-order valence-electron chi connectivity index (χ3n) is 2.43. The first kappa shape index (κ1) is 10.2. The number of nitrogen functional groups attached to an aromatic ring is 1. The van der Waals surface area contributed by atoms with E-state index in [1.54, 1.807) is 10.9 Å². The van der Waals surface area contributed by atoms with Crippen molar-refractivity contribution in [3.63, 3.8) is 0 Å². The van der Waals surface area contributed by atoms with Gasteiger partial charge < -0.3 is 5.73 Å². The fraction of sp³-hybridized carbons (Fsp3) is 0. The predicted octanol–water partition coefficient (Wildman–Crippen LogP) is 2.16. The zero-order valence-corrected chi connectivity index (χ0v) is 10.3. The van der Waals surface area contributed by atoms with E-state index in [1.807, 2.05) is 24.3 Å². The summed E-state index contributed by atoms with van der Waals surface area (Å²) < 4.78 is 2.39. The van der Waals surface area contributed by atoms with Gasteiger partial charge >= 0.3 is 0 Å². The molecule has 0 saturated carbocycles. The fourth-order valence-electron chi connectivity index (χ4n) is 1.65. The lowest BCUT2D eigenvalue weighted by Crippen LogP contribution is -2.00. The molecule has 2 heterocycles. The van der Waals surface area contributed by atoms with E-state index in [-0.39, 0.29) is 0 Å². The van der Waals surface area contributed by atoms with Crippen LogP contribution in [-0.2, 0) is 0 Å². The van der Waals surface area contributed by atoms with Crippen molar-refractivity contribution >= 4 is 32.7 Å². The maximum absolute atomic E-state index is 5.70. The molecule has 0 bridgehead atoms. The highest BCUT2D eigenvalue weighted by molar-refractivity contribution is 9.10. The van der Waals surface area contributed by atoms with Crippen LogP contribution in [0.5, 0.6) is 0 Å². The maximum Gasteiger partial charge on any atom is 0.164 e. The van der Waals surface area contributed by atoms with E-state index >= 15 is 0 Å². The molecule has 0 aliphatic heterocycles. The molecule has 5 nitrogen and oxygen atoms in total. The van der Waals surface area contributed by atoms with E-state index in [1.165, 1.54) is 6.33 Å². The molecule has 2 aromatic heterocycles. The van der Waals surface area contributed by atoms with Gasteiger partial charge in [0.2, 0.25) is 0 Å². The lowest BCUT2D eigenvalue weighted by Gasteiger charge is -2.03. The fourth-order valence-corrected chi connectivity index (χ4v) is 1.92. The summed E-state index contributed by atoms with van der Waals surface area (Å²) in [6.45, 7) is 0. The van der Waals surface area contributed by atoms with E-state index in [4.69, 9.17) is 5.73 Å². The minimum absolute atomic E-state index is 0.438. The highest BCUT2D eigenvalue weighted by Crippen LogP contribution is 2.22. The molecule has 0 saturated heterocycles. The van der Waals surface area contributed by atoms with Gasteiger partial charge in [-0.25, -0.2) is 14.6 Å². The minimum Gasteiger partial charge on any atom is -0.381 e. The Labute approximate surface area is 105 Å². The molecule has 2 N–H and O–H groups in total. The standard InChI is InChI=1S/C11H8BrN5/c12-8-5-17(16-10(8)13)11-7-3-1-2-4-9(7)14-6-15-11/h1-6H,(H2,13,16). The normalized spacial score (nSPS) is 10.9. The highest BCUT2D eigenvalue weighted by Gasteiger charge is 2.08. The number of halogens is 1. The quantitative estimate of drug-likeness (QED) is 0.745. The van der Waals surface area contributed by atoms with Crippen molar-refractivity contribution in [1.29, 1.82) is 0 Å². The first-order chi connectivity index (χ1) is 8.25. The molecule has 1 aromatic carbocycles. The topological polar surface area (TPSA) is 69.6 Å². The van der Waals surface area contributed by atoms with E-state index in [0.29, 0.717) is 11.6 Å². The zero-order chi connectivity index (χ0) is 11.8. The van der Waals surface area contributed by atoms with Crippen molar-refractivity contribution in [2.24, 2.45) is 0 Å². The molecule has 0 aliphatic carbocycles. The van der Waals surface area contributed by atoms with Crippen LogP contribution in [-0.4, -0.2) is 19.7 Å². The van der Waals surface area contributed by atoms with Crippen LogP contribution in [0.15, 0.2) is 41.3 Å². The third-order valence-corrected chi connectivity index (χ3v) is 3.05. The number of nitrogens with zero attached hydrogens (tertiary/aromatic N) is 4. The van der Waals surface area contributed by atoms with Gasteiger partial charge in [-0.1, -0.05) is 12.1 Å². The Hall–Kier alpha value is -1.95. The second-order valence-electron chi connectivity index (χ2n) is 3.52. The summed E-state index contributed by atoms with van der Waals surface area (Å²) in [6, 6.07) is 7.77. The van der Waals surface area contributed by atoms with Gasteiger partial charge in [-0.15, -0.1) is 5.10 Å². The molecule has 3 aromatic rings. The van der Waals surface area contributed by atoms with Crippen LogP contribution in [0.3, 0.4) is 0 Å². The summed E-state index contributed by atoms with van der Waals surface area (Å²) in [7, 11) is 0. The number of benzene rings is 1. The van der Waals surface area contributed by atoms with Crippen molar-refractivity contribution in [2.75, 3.05) is 5.73 Å². The SMILES string of the molecule is Nc1nn(-c2ncnc3ccccc23)cc1Br. The van der Waals surface area contributed by atoms with Gasteiger partial charge in [-0.3, -0.25) is 0 Å². The zero-order valence-electron chi connectivity index (χ0n) is 8.71. The molecule has 6 heteroatoms. The highest BCUT2D eigenvalue weighted by atomic mass is 79.9. The molecular formula is C11H8BrN5. The Morgan fingerprint density at radius 1 is 1.18 bits per heavy atom. The average Bonchev–Trinajstić information content (AvgIpc) is 2.69. The van der Waals surface area contributed by atoms with Crippen LogP contribution in [0.1, 0.15) is 0 Å². The molecule has 0 fully saturated rings. The van der Waals surface area contributed by atoms with Crippen molar-refractivity contribution < 1.29 is 0 Å². The van der Waals surface area contributed by atoms with Gasteiger partial charge in [0.15, 0.2) is 11.6 Å². The smallest absolute Gasteiger partial charge is 0.164 e. The van der Waals surface area contributed by atoms with Crippen LogP contribution in [0, 0.1) is 0 Å². The van der Waals surface area contributed by atoms with E-state index in [2.05, 4.69) is 31.0 Å². The summed E-state index contributed by atoms with van der Waals surface area (Å²) in [5.74, 6) is 1.15. The Morgan fingerprint density at radius 3 is 2.76 bits per heavy atom. The number of fused-ring (bicyclic) bond motifs is 1. The molecule has 0 unspecified atom stereocenters. The van der Waals surface area contributed by atoms with Crippen molar-refractivity contribution in [3.05, 3.63) is 41.3 Å². The Bertz CT molecular complexity index is 666. The first-order valence-electron chi connectivity index (χ1n) is 4.96. The van der Waals surface area contributed by atoms with Crippen LogP contribution < -0.4 is 5.73 Å². The van der Waals surface area contributed by atoms with E-state index in [0.717, 1.165) is 15.4 Å². The maximum atomic E-state index is 5.70. The molecule has 17 heavy (non-hydrogen) atoms. The second-order valence-corrected chi connectivity index (χ2v) is 4.38. The summed E-state index contributed by atoms with van der Waals surface area (Å²) >= 11 is 3.33. The Balaban J connectivity index is 2.30. The third kappa shape index (κ3) is 1.66. The summed E-state index contributed by atoms with van der Waals surface area (Å²) in [4.78, 5) is 8.45.